The molecule has 0 saturated carbocycles. The van der Waals surface area contributed by atoms with Crippen molar-refractivity contribution >= 4 is 11.5 Å². The molecule has 16 heavy (non-hydrogen) atoms. The molecule has 1 aromatic carbocycles. The molecule has 0 spiro atoms. The lowest BCUT2D eigenvalue weighted by atomic mass is 10.1. The molecule has 4 nitrogen and oxygen atoms in total. The number of carbonyl (C=O) groups excluding carboxylic acids is 1. The SMILES string of the molecule is [N-]=[N+]=Nc1c(F)cc(C(=O)CF)c(F)c1F. The zero-order valence-electron chi connectivity index (χ0n) is 7.55. The minimum atomic E-state index is -1.82. The van der Waals surface area contributed by atoms with E-state index >= 15 is 0 Å². The van der Waals surface area contributed by atoms with Gasteiger partial charge in [0.15, 0.2) is 24.1 Å². The molecular weight excluding hydrogens is 230 g/mol. The van der Waals surface area contributed by atoms with Crippen LogP contribution in [0, 0.1) is 17.5 Å². The lowest BCUT2D eigenvalue weighted by Gasteiger charge is -2.04. The van der Waals surface area contributed by atoms with Gasteiger partial charge in [-0.3, -0.25) is 4.79 Å². The van der Waals surface area contributed by atoms with Gasteiger partial charge in [-0.05, 0) is 11.6 Å². The fourth-order valence-electron chi connectivity index (χ4n) is 0.997. The van der Waals surface area contributed by atoms with Gasteiger partial charge in [-0.1, -0.05) is 5.11 Å². The van der Waals surface area contributed by atoms with Crippen LogP contribution < -0.4 is 0 Å². The molecule has 1 rings (SSSR count). The lowest BCUT2D eigenvalue weighted by Crippen LogP contribution is -2.07. The third kappa shape index (κ3) is 1.96. The topological polar surface area (TPSA) is 65.8 Å². The zero-order chi connectivity index (χ0) is 12.3. The van der Waals surface area contributed by atoms with Crippen LogP contribution in [0.15, 0.2) is 11.2 Å². The molecule has 0 aliphatic rings. The van der Waals surface area contributed by atoms with Crippen LogP contribution in [0.4, 0.5) is 23.2 Å². The van der Waals surface area contributed by atoms with E-state index in [9.17, 15) is 22.4 Å². The van der Waals surface area contributed by atoms with Gasteiger partial charge in [0.1, 0.15) is 11.5 Å². The Morgan fingerprint density at radius 1 is 1.38 bits per heavy atom. The van der Waals surface area contributed by atoms with Crippen molar-refractivity contribution < 1.29 is 22.4 Å². The van der Waals surface area contributed by atoms with Crippen molar-refractivity contribution in [2.24, 2.45) is 5.11 Å². The molecule has 8 heteroatoms. The van der Waals surface area contributed by atoms with E-state index in [4.69, 9.17) is 5.53 Å². The van der Waals surface area contributed by atoms with E-state index in [-0.39, 0.29) is 6.07 Å². The largest absolute Gasteiger partial charge is 0.291 e. The summed E-state index contributed by atoms with van der Waals surface area (Å²) in [4.78, 5) is 12.8. The maximum atomic E-state index is 13.1. The second-order valence-electron chi connectivity index (χ2n) is 2.63. The summed E-state index contributed by atoms with van der Waals surface area (Å²) in [5.41, 5.74) is 5.70. The van der Waals surface area contributed by atoms with Crippen molar-refractivity contribution in [1.29, 1.82) is 0 Å². The van der Waals surface area contributed by atoms with Gasteiger partial charge in [-0.2, -0.15) is 0 Å². The zero-order valence-corrected chi connectivity index (χ0v) is 7.55. The normalized spacial score (nSPS) is 9.75. The van der Waals surface area contributed by atoms with Crippen LogP contribution in [0.1, 0.15) is 10.4 Å². The van der Waals surface area contributed by atoms with E-state index in [2.05, 4.69) is 10.0 Å². The summed E-state index contributed by atoms with van der Waals surface area (Å²) in [6.07, 6.45) is 0. The van der Waals surface area contributed by atoms with Crippen LogP contribution in [0.2, 0.25) is 0 Å². The maximum Gasteiger partial charge on any atom is 0.196 e. The van der Waals surface area contributed by atoms with Gasteiger partial charge in [0.2, 0.25) is 0 Å². The van der Waals surface area contributed by atoms with E-state index in [0.29, 0.717) is 0 Å². The van der Waals surface area contributed by atoms with Gasteiger partial charge in [-0.25, -0.2) is 17.6 Å². The Morgan fingerprint density at radius 3 is 2.50 bits per heavy atom. The summed E-state index contributed by atoms with van der Waals surface area (Å²) in [6, 6.07) is 0.282. The van der Waals surface area contributed by atoms with Crippen molar-refractivity contribution in [3.63, 3.8) is 0 Å². The Kier molecular flexibility index (Phi) is 3.47. The molecule has 0 fully saturated rings. The molecule has 0 radical (unpaired) electrons. The van der Waals surface area contributed by atoms with Crippen LogP contribution in [-0.2, 0) is 0 Å². The number of hydrogen-bond acceptors (Lipinski definition) is 2. The molecule has 1 aromatic rings. The highest BCUT2D eigenvalue weighted by molar-refractivity contribution is 5.97. The Labute approximate surface area is 86.1 Å². The number of Topliss-reactive ketones (excluding diaryl/α,β-unsaturated/α-hetero) is 1. The number of hydrogen-bond donors (Lipinski definition) is 0. The fraction of sp³-hybridized carbons (Fsp3) is 0.125. The number of alkyl halides is 1. The van der Waals surface area contributed by atoms with E-state index in [1.165, 1.54) is 0 Å². The number of benzene rings is 1. The Morgan fingerprint density at radius 2 is 2.00 bits per heavy atom. The highest BCUT2D eigenvalue weighted by atomic mass is 19.2. The molecule has 0 aliphatic heterocycles. The molecule has 0 aliphatic carbocycles. The molecule has 0 unspecified atom stereocenters. The number of ketones is 1. The van der Waals surface area contributed by atoms with E-state index < -0.39 is 41.2 Å². The lowest BCUT2D eigenvalue weighted by molar-refractivity contribution is 0.0953. The average molecular weight is 233 g/mol. The molecule has 0 aromatic heterocycles. The first-order chi connectivity index (χ1) is 7.52. The molecule has 0 N–H and O–H groups in total. The van der Waals surface area contributed by atoms with E-state index in [1.54, 1.807) is 0 Å². The van der Waals surface area contributed by atoms with Crippen molar-refractivity contribution in [1.82, 2.24) is 0 Å². The van der Waals surface area contributed by atoms with Crippen molar-refractivity contribution in [2.45, 2.75) is 0 Å². The summed E-state index contributed by atoms with van der Waals surface area (Å²) in [7, 11) is 0. The third-order valence-corrected chi connectivity index (χ3v) is 1.70. The molecule has 0 saturated heterocycles. The van der Waals surface area contributed by atoms with E-state index in [1.807, 2.05) is 0 Å². The quantitative estimate of drug-likeness (QED) is 0.197. The Hall–Kier alpha value is -2.08. The standard InChI is InChI=1S/C8H3F4N3O/c9-2-5(16)3-1-4(10)8(14-15-13)7(12)6(3)11/h1H,2H2. The predicted octanol–water partition coefficient (Wildman–Crippen LogP) is 3.20. The summed E-state index contributed by atoms with van der Waals surface area (Å²) in [5, 5.41) is 2.58. The van der Waals surface area contributed by atoms with Gasteiger partial charge in [0.25, 0.3) is 0 Å². The third-order valence-electron chi connectivity index (χ3n) is 1.70. The van der Waals surface area contributed by atoms with Crippen molar-refractivity contribution in [3.8, 4) is 0 Å². The number of azide groups is 1. The van der Waals surface area contributed by atoms with Crippen molar-refractivity contribution in [3.05, 3.63) is 39.5 Å². The molecule has 0 bridgehead atoms. The van der Waals surface area contributed by atoms with Crippen LogP contribution in [-0.4, -0.2) is 12.5 Å². The van der Waals surface area contributed by atoms with Crippen LogP contribution in [0.3, 0.4) is 0 Å². The molecule has 0 heterocycles. The number of halogens is 4. The van der Waals surface area contributed by atoms with Gasteiger partial charge < -0.3 is 0 Å². The minimum absolute atomic E-state index is 0.282. The first-order valence-corrected chi connectivity index (χ1v) is 3.84. The second kappa shape index (κ2) is 4.63. The fourth-order valence-corrected chi connectivity index (χ4v) is 0.997. The van der Waals surface area contributed by atoms with Crippen LogP contribution in [0.25, 0.3) is 10.4 Å². The molecular formula is C8H3F4N3O. The first kappa shape index (κ1) is 12.0. The van der Waals surface area contributed by atoms with Crippen molar-refractivity contribution in [2.75, 3.05) is 6.67 Å². The summed E-state index contributed by atoms with van der Waals surface area (Å²) in [5.74, 6) is -6.41. The van der Waals surface area contributed by atoms with E-state index in [0.717, 1.165) is 0 Å². The predicted molar refractivity (Wildman–Crippen MR) is 45.4 cm³/mol. The summed E-state index contributed by atoms with van der Waals surface area (Å²) >= 11 is 0. The van der Waals surface area contributed by atoms with Crippen LogP contribution >= 0.6 is 0 Å². The van der Waals surface area contributed by atoms with Gasteiger partial charge >= 0.3 is 0 Å². The van der Waals surface area contributed by atoms with Gasteiger partial charge in [0.05, 0.1) is 5.56 Å². The number of carbonyl (C=O) groups is 1. The second-order valence-corrected chi connectivity index (χ2v) is 2.63. The summed E-state index contributed by atoms with van der Waals surface area (Å²) in [6.45, 7) is -1.59. The minimum Gasteiger partial charge on any atom is -0.291 e. The molecule has 0 atom stereocenters. The average Bonchev–Trinajstić information content (AvgIpc) is 2.28. The van der Waals surface area contributed by atoms with Gasteiger partial charge in [0, 0.05) is 4.91 Å². The Balaban J connectivity index is 3.50. The highest BCUT2D eigenvalue weighted by Gasteiger charge is 2.21. The van der Waals surface area contributed by atoms with Crippen LogP contribution in [0.5, 0.6) is 0 Å². The monoisotopic (exact) mass is 233 g/mol. The number of nitrogens with zero attached hydrogens (tertiary/aromatic N) is 3. The first-order valence-electron chi connectivity index (χ1n) is 3.84. The smallest absolute Gasteiger partial charge is 0.196 e. The maximum absolute atomic E-state index is 13.1. The molecule has 84 valence electrons. The highest BCUT2D eigenvalue weighted by Crippen LogP contribution is 2.27. The Bertz CT molecular complexity index is 497. The number of rotatable bonds is 3. The summed E-state index contributed by atoms with van der Waals surface area (Å²) < 4.78 is 51.1. The molecule has 0 amide bonds. The van der Waals surface area contributed by atoms with Gasteiger partial charge in [-0.15, -0.1) is 0 Å².